The topological polar surface area (TPSA) is 132 Å². The number of likely N-dealkylation sites (N-methyl/N-ethyl adjacent to an activating group) is 1. The number of nitrogens with zero attached hydrogens (tertiary/aromatic N) is 2. The van der Waals surface area contributed by atoms with Crippen molar-refractivity contribution in [2.24, 2.45) is 11.3 Å². The highest BCUT2D eigenvalue weighted by Crippen LogP contribution is 2.66. The molecule has 0 N–H and O–H groups in total. The van der Waals surface area contributed by atoms with Gasteiger partial charge in [0.05, 0.1) is 31.6 Å². The van der Waals surface area contributed by atoms with Crippen LogP contribution >= 0.6 is 23.5 Å². The number of hydrogen-bond donors (Lipinski definition) is 0. The lowest BCUT2D eigenvalue weighted by Crippen LogP contribution is -2.67. The molecule has 0 spiro atoms. The van der Waals surface area contributed by atoms with Gasteiger partial charge in [-0.1, -0.05) is 6.07 Å². The van der Waals surface area contributed by atoms with Gasteiger partial charge in [-0.15, -0.1) is 0 Å². The third-order valence-electron chi connectivity index (χ3n) is 7.09. The molecule has 1 saturated carbocycles. The molecule has 3 aliphatic rings. The number of rotatable bonds is 3. The maximum Gasteiger partial charge on any atom is 0.369 e. The van der Waals surface area contributed by atoms with E-state index in [1.807, 2.05) is 0 Å². The molecule has 1 amide bonds. The summed E-state index contributed by atoms with van der Waals surface area (Å²) in [4.78, 5) is 52.6. The van der Waals surface area contributed by atoms with Gasteiger partial charge >= 0.3 is 10.6 Å². The third kappa shape index (κ3) is 3.63. The number of ether oxygens (including phenoxy) is 4. The van der Waals surface area contributed by atoms with E-state index in [1.165, 1.54) is 33.1 Å². The molecule has 186 valence electrons. The zero-order valence-electron chi connectivity index (χ0n) is 19.8. The van der Waals surface area contributed by atoms with Crippen LogP contribution in [0.25, 0.3) is 0 Å². The molecule has 0 aromatic heterocycles. The van der Waals surface area contributed by atoms with E-state index in [0.717, 1.165) is 0 Å². The van der Waals surface area contributed by atoms with Crippen molar-refractivity contribution in [1.82, 2.24) is 4.90 Å². The van der Waals surface area contributed by atoms with Crippen LogP contribution in [0.4, 0.5) is 9.59 Å². The Morgan fingerprint density at radius 1 is 1.09 bits per heavy atom. The maximum absolute atomic E-state index is 14.3. The van der Waals surface area contributed by atoms with Crippen molar-refractivity contribution < 1.29 is 38.1 Å². The van der Waals surface area contributed by atoms with Crippen LogP contribution in [0.15, 0.2) is 18.2 Å². The monoisotopic (exact) mass is 520 g/mol. The predicted molar refractivity (Wildman–Crippen MR) is 126 cm³/mol. The van der Waals surface area contributed by atoms with Crippen molar-refractivity contribution >= 4 is 45.8 Å². The van der Waals surface area contributed by atoms with Crippen LogP contribution in [0.5, 0.6) is 11.5 Å². The average Bonchev–Trinajstić information content (AvgIpc) is 3.41. The van der Waals surface area contributed by atoms with Crippen molar-refractivity contribution in [2.75, 3.05) is 28.1 Å². The number of thioether (sulfide) groups is 2. The zero-order chi connectivity index (χ0) is 25.8. The van der Waals surface area contributed by atoms with Gasteiger partial charge in [-0.25, -0.2) is 9.59 Å². The van der Waals surface area contributed by atoms with Gasteiger partial charge in [0.25, 0.3) is 0 Å². The molecule has 5 atom stereocenters. The van der Waals surface area contributed by atoms with Gasteiger partial charge < -0.3 is 23.8 Å². The first kappa shape index (κ1) is 25.2. The molecule has 1 aromatic rings. The molecule has 2 fully saturated rings. The van der Waals surface area contributed by atoms with E-state index < -0.39 is 49.2 Å². The minimum absolute atomic E-state index is 0.0422. The fraction of sp³-hybridized carbons (Fsp3) is 0.522. The Labute approximate surface area is 210 Å². The highest BCUT2D eigenvalue weighted by atomic mass is 32.2. The van der Waals surface area contributed by atoms with E-state index >= 15 is 0 Å². The Bertz CT molecular complexity index is 1170. The van der Waals surface area contributed by atoms with Crippen LogP contribution < -0.4 is 9.47 Å². The van der Waals surface area contributed by atoms with Gasteiger partial charge in [0.1, 0.15) is 4.75 Å². The molecular formula is C23H24N2O8S2. The number of fused-ring (bicyclic) bond motifs is 2. The van der Waals surface area contributed by atoms with Gasteiger partial charge in [0, 0.05) is 13.0 Å². The number of carbonyl (C=O) groups excluding carboxylic acids is 4. The maximum atomic E-state index is 14.3. The number of hydrogen-bond acceptors (Lipinski definition) is 11. The summed E-state index contributed by atoms with van der Waals surface area (Å²) in [5, 5.41) is 8.82. The Morgan fingerprint density at radius 3 is 2.34 bits per heavy atom. The lowest BCUT2D eigenvalue weighted by atomic mass is 9.70. The number of piperidine rings is 1. The number of nitriles is 1. The Kier molecular flexibility index (Phi) is 6.22. The van der Waals surface area contributed by atoms with Crippen molar-refractivity contribution in [3.8, 4) is 17.6 Å². The number of benzene rings is 1. The van der Waals surface area contributed by atoms with Crippen molar-refractivity contribution in [3.05, 3.63) is 23.8 Å². The van der Waals surface area contributed by atoms with E-state index in [2.05, 4.69) is 6.07 Å². The molecule has 4 rings (SSSR count). The van der Waals surface area contributed by atoms with Crippen molar-refractivity contribution in [2.45, 2.75) is 35.8 Å². The van der Waals surface area contributed by atoms with Gasteiger partial charge in [0.15, 0.2) is 22.2 Å². The third-order valence-corrected chi connectivity index (χ3v) is 9.57. The highest BCUT2D eigenvalue weighted by Gasteiger charge is 2.73. The fourth-order valence-corrected chi connectivity index (χ4v) is 7.54. The predicted octanol–water partition coefficient (Wildman–Crippen LogP) is 3.54. The molecule has 35 heavy (non-hydrogen) atoms. The largest absolute Gasteiger partial charge is 0.461 e. The number of Topliss-reactive ketones (excluding diaryl/α,β-unsaturated/α-hetero) is 1. The minimum Gasteiger partial charge on any atom is -0.461 e. The van der Waals surface area contributed by atoms with E-state index in [9.17, 15) is 24.4 Å². The van der Waals surface area contributed by atoms with E-state index in [4.69, 9.17) is 18.9 Å². The highest BCUT2D eigenvalue weighted by molar-refractivity contribution is 8.15. The second-order valence-corrected chi connectivity index (χ2v) is 11.6. The summed E-state index contributed by atoms with van der Waals surface area (Å²) in [5.41, 5.74) is -0.626. The van der Waals surface area contributed by atoms with E-state index in [1.54, 1.807) is 25.1 Å². The van der Waals surface area contributed by atoms with Crippen LogP contribution in [-0.4, -0.2) is 64.9 Å². The van der Waals surface area contributed by atoms with Gasteiger partial charge in [0.2, 0.25) is 12.7 Å². The molecule has 3 unspecified atom stereocenters. The summed E-state index contributed by atoms with van der Waals surface area (Å²) in [6.45, 7) is 3.19. The number of methoxy groups -OCH3 is 2. The summed E-state index contributed by atoms with van der Waals surface area (Å²) in [6, 6.07) is 7.42. The Balaban J connectivity index is 1.94. The van der Waals surface area contributed by atoms with Crippen molar-refractivity contribution in [1.29, 1.82) is 5.26 Å². The molecule has 0 bridgehead atoms. The SMILES string of the molecule is COC(=O)SC12C[C@](C)(C#N)C(c3ccc4c(c3)OCO4)C1C(=O)[C@](C)(SC(=O)OC)N(C)C2=O. The van der Waals surface area contributed by atoms with Crippen LogP contribution in [0.3, 0.4) is 0 Å². The fourth-order valence-electron chi connectivity index (χ4n) is 5.34. The van der Waals surface area contributed by atoms with E-state index in [-0.39, 0.29) is 13.2 Å². The molecule has 1 aromatic carbocycles. The molecule has 2 aliphatic heterocycles. The zero-order valence-corrected chi connectivity index (χ0v) is 21.4. The van der Waals surface area contributed by atoms with Crippen LogP contribution in [0, 0.1) is 22.7 Å². The molecule has 1 saturated heterocycles. The smallest absolute Gasteiger partial charge is 0.369 e. The van der Waals surface area contributed by atoms with Crippen LogP contribution in [0.1, 0.15) is 31.7 Å². The molecular weight excluding hydrogens is 496 g/mol. The molecule has 12 heteroatoms. The number of likely N-dealkylation sites (tertiary alicyclic amines) is 1. The normalized spacial score (nSPS) is 33.2. The first-order valence-corrected chi connectivity index (χ1v) is 12.3. The molecule has 10 nitrogen and oxygen atoms in total. The quantitative estimate of drug-likeness (QED) is 0.542. The number of ketones is 1. The Morgan fingerprint density at radius 2 is 1.71 bits per heavy atom. The summed E-state index contributed by atoms with van der Waals surface area (Å²) >= 11 is 1.20. The van der Waals surface area contributed by atoms with Gasteiger partial charge in [-0.2, -0.15) is 5.26 Å². The summed E-state index contributed by atoms with van der Waals surface area (Å²) in [7, 11) is 3.78. The molecule has 1 aliphatic carbocycles. The van der Waals surface area contributed by atoms with Crippen LogP contribution in [0.2, 0.25) is 0 Å². The minimum atomic E-state index is -1.62. The summed E-state index contributed by atoms with van der Waals surface area (Å²) < 4.78 is 18.9. The first-order valence-electron chi connectivity index (χ1n) is 10.6. The van der Waals surface area contributed by atoms with Crippen molar-refractivity contribution in [3.63, 3.8) is 0 Å². The first-order chi connectivity index (χ1) is 16.5. The Hall–Kier alpha value is -2.91. The molecule has 2 heterocycles. The van der Waals surface area contributed by atoms with Crippen LogP contribution in [-0.2, 0) is 19.1 Å². The lowest BCUT2D eigenvalue weighted by molar-refractivity contribution is -0.151. The second-order valence-electron chi connectivity index (χ2n) is 8.99. The van der Waals surface area contributed by atoms with Gasteiger partial charge in [-0.05, 0) is 61.5 Å². The molecule has 0 radical (unpaired) electrons. The second kappa shape index (κ2) is 8.64. The number of amides is 1. The summed E-state index contributed by atoms with van der Waals surface area (Å²) in [5.74, 6) is -1.93. The standard InChI is InChI=1S/C23H24N2O8S2/c1-21(10-24)9-23(35-20(29)31-5)16(15(21)12-6-7-13-14(8-12)33-11-32-13)17(26)22(2,25(3)18(23)27)34-19(28)30-4/h6-8,15-16H,9,11H2,1-5H3/t15?,16?,21-,22+,23?/m1/s1. The average molecular weight is 521 g/mol. The van der Waals surface area contributed by atoms with E-state index in [0.29, 0.717) is 40.6 Å². The van der Waals surface area contributed by atoms with Gasteiger partial charge in [-0.3, -0.25) is 9.59 Å². The lowest BCUT2D eigenvalue weighted by Gasteiger charge is -2.49. The summed E-state index contributed by atoms with van der Waals surface area (Å²) in [6.07, 6.45) is -0.0755. The number of carbonyl (C=O) groups is 4.